The first-order chi connectivity index (χ1) is 21.0. The van der Waals surface area contributed by atoms with Gasteiger partial charge in [0.1, 0.15) is 10.2 Å². The van der Waals surface area contributed by atoms with Crippen molar-refractivity contribution in [3.05, 3.63) is 177 Å². The first-order valence-corrected chi connectivity index (χ1v) is 15.0. The molecular formula is C36H35BrN4O2. The zero-order chi connectivity index (χ0) is 30.7. The van der Waals surface area contributed by atoms with Crippen molar-refractivity contribution in [1.29, 1.82) is 5.41 Å². The van der Waals surface area contributed by atoms with Crippen molar-refractivity contribution in [2.24, 2.45) is 0 Å². The minimum atomic E-state index is -0.901. The predicted octanol–water partition coefficient (Wildman–Crippen LogP) is 9.04. The van der Waals surface area contributed by atoms with Crippen LogP contribution >= 0.6 is 15.9 Å². The van der Waals surface area contributed by atoms with E-state index in [0.29, 0.717) is 23.4 Å². The highest BCUT2D eigenvalue weighted by atomic mass is 79.9. The Morgan fingerprint density at radius 2 is 1.19 bits per heavy atom. The number of benzene rings is 5. The third-order valence-electron chi connectivity index (χ3n) is 7.08. The van der Waals surface area contributed by atoms with E-state index in [1.165, 1.54) is 0 Å². The summed E-state index contributed by atoms with van der Waals surface area (Å²) in [6, 6.07) is 43.2. The molecule has 0 heterocycles. The van der Waals surface area contributed by atoms with Gasteiger partial charge in [0.05, 0.1) is 10.6 Å². The van der Waals surface area contributed by atoms with Gasteiger partial charge in [0.2, 0.25) is 0 Å². The van der Waals surface area contributed by atoms with Gasteiger partial charge < -0.3 is 10.6 Å². The number of nitro benzene ring substituents is 1. The fourth-order valence-corrected chi connectivity index (χ4v) is 5.48. The fraction of sp³-hybridized carbons (Fsp3) is 0.139. The summed E-state index contributed by atoms with van der Waals surface area (Å²) >= 11 is 3.36. The summed E-state index contributed by atoms with van der Waals surface area (Å²) in [5.41, 5.74) is 4.54. The average Bonchev–Trinajstić information content (AvgIpc) is 3.06. The Bertz CT molecular complexity index is 1530. The van der Waals surface area contributed by atoms with Crippen molar-refractivity contribution >= 4 is 31.9 Å². The summed E-state index contributed by atoms with van der Waals surface area (Å²) < 4.78 is 0.127. The van der Waals surface area contributed by atoms with Gasteiger partial charge in [0, 0.05) is 30.3 Å². The normalized spacial score (nSPS) is 10.8. The molecule has 0 aromatic heterocycles. The van der Waals surface area contributed by atoms with E-state index in [2.05, 4.69) is 26.6 Å². The maximum atomic E-state index is 12.3. The Morgan fingerprint density at radius 3 is 1.60 bits per heavy atom. The number of hydrogen-bond donors (Lipinski definition) is 3. The Hall–Kier alpha value is -4.59. The Kier molecular flexibility index (Phi) is 11.0. The van der Waals surface area contributed by atoms with E-state index in [4.69, 9.17) is 5.41 Å². The van der Waals surface area contributed by atoms with Crippen molar-refractivity contribution in [3.63, 3.8) is 0 Å². The summed E-state index contributed by atoms with van der Waals surface area (Å²) in [6.45, 7) is 4.85. The molecule has 3 N–H and O–H groups in total. The van der Waals surface area contributed by atoms with E-state index in [-0.39, 0.29) is 21.8 Å². The molecule has 6 nitrogen and oxygen atoms in total. The van der Waals surface area contributed by atoms with Crippen LogP contribution in [0.5, 0.6) is 0 Å². The van der Waals surface area contributed by atoms with Crippen LogP contribution < -0.4 is 10.6 Å². The Labute approximate surface area is 261 Å². The maximum absolute atomic E-state index is 12.3. The Morgan fingerprint density at radius 1 is 0.744 bits per heavy atom. The van der Waals surface area contributed by atoms with Gasteiger partial charge in [-0.1, -0.05) is 135 Å². The highest BCUT2D eigenvalue weighted by molar-refractivity contribution is 9.18. The highest BCUT2D eigenvalue weighted by Crippen LogP contribution is 2.42. The van der Waals surface area contributed by atoms with Gasteiger partial charge in [-0.25, -0.2) is 0 Å². The lowest BCUT2D eigenvalue weighted by Crippen LogP contribution is -2.38. The minimum absolute atomic E-state index is 0.0198. The standard InChI is InChI=1S/C34H29BrN4O2.C2H6/c35-33(36)30-21-26(24-37-23-25-13-5-1-6-14-25)32(39(40)41)22-31(30)38-34(27-15-7-2-8-16-27,28-17-9-3-10-18-28)29-19-11-4-12-20-29;1-2/h1-22,36-38H,23-24H2;1-2H3. The van der Waals surface area contributed by atoms with E-state index in [1.54, 1.807) is 12.1 Å². The first kappa shape index (κ1) is 31.3. The average molecular weight is 636 g/mol. The van der Waals surface area contributed by atoms with Crippen LogP contribution in [0, 0.1) is 15.5 Å². The number of anilines is 1. The van der Waals surface area contributed by atoms with Crippen molar-refractivity contribution < 1.29 is 4.92 Å². The lowest BCUT2D eigenvalue weighted by atomic mass is 9.76. The van der Waals surface area contributed by atoms with Gasteiger partial charge in [0.15, 0.2) is 0 Å². The zero-order valence-corrected chi connectivity index (χ0v) is 25.8. The molecule has 43 heavy (non-hydrogen) atoms. The molecule has 0 aliphatic carbocycles. The second-order valence-electron chi connectivity index (χ2n) is 9.66. The number of nitrogens with one attached hydrogen (secondary N) is 3. The third-order valence-corrected chi connectivity index (χ3v) is 7.51. The van der Waals surface area contributed by atoms with Crippen LogP contribution in [0.15, 0.2) is 133 Å². The molecule has 0 fully saturated rings. The molecule has 5 aromatic carbocycles. The molecule has 7 heteroatoms. The van der Waals surface area contributed by atoms with E-state index in [0.717, 1.165) is 22.3 Å². The number of halogens is 1. The largest absolute Gasteiger partial charge is 0.367 e. The monoisotopic (exact) mass is 634 g/mol. The lowest BCUT2D eigenvalue weighted by molar-refractivity contribution is -0.385. The SMILES string of the molecule is CC.N=C(Br)c1cc(CNCc2ccccc2)c([N+](=O)[O-])cc1NC(c1ccccc1)(c1ccccc1)c1ccccc1. The second-order valence-corrected chi connectivity index (χ2v) is 10.5. The smallest absolute Gasteiger partial charge is 0.275 e. The van der Waals surface area contributed by atoms with E-state index >= 15 is 0 Å². The van der Waals surface area contributed by atoms with Crippen LogP contribution in [-0.4, -0.2) is 9.54 Å². The summed E-state index contributed by atoms with van der Waals surface area (Å²) in [4.78, 5) is 12.0. The molecule has 0 unspecified atom stereocenters. The number of nitro groups is 1. The second kappa shape index (κ2) is 15.0. The number of rotatable bonds is 11. The van der Waals surface area contributed by atoms with E-state index < -0.39 is 5.54 Å². The molecule has 5 rings (SSSR count). The Balaban J connectivity index is 0.00000207. The summed E-state index contributed by atoms with van der Waals surface area (Å²) in [5, 5.41) is 27.9. The van der Waals surface area contributed by atoms with Crippen molar-refractivity contribution in [3.8, 4) is 0 Å². The first-order valence-electron chi connectivity index (χ1n) is 14.2. The van der Waals surface area contributed by atoms with Gasteiger partial charge in [0.25, 0.3) is 5.69 Å². The molecule has 0 spiro atoms. The van der Waals surface area contributed by atoms with Gasteiger partial charge in [-0.3, -0.25) is 15.5 Å². The quantitative estimate of drug-likeness (QED) is 0.0585. The molecule has 5 aromatic rings. The van der Waals surface area contributed by atoms with Crippen molar-refractivity contribution in [2.75, 3.05) is 5.32 Å². The molecule has 0 atom stereocenters. The minimum Gasteiger partial charge on any atom is -0.367 e. The predicted molar refractivity (Wildman–Crippen MR) is 180 cm³/mol. The number of nitrogens with zero attached hydrogens (tertiary/aromatic N) is 1. The molecule has 0 bridgehead atoms. The van der Waals surface area contributed by atoms with Gasteiger partial charge in [-0.05, 0) is 44.3 Å². The molecule has 218 valence electrons. The molecule has 0 amide bonds. The number of hydrogen-bond acceptors (Lipinski definition) is 5. The zero-order valence-electron chi connectivity index (χ0n) is 24.3. The van der Waals surface area contributed by atoms with Crippen LogP contribution in [0.2, 0.25) is 0 Å². The summed E-state index contributed by atoms with van der Waals surface area (Å²) in [7, 11) is 0. The van der Waals surface area contributed by atoms with Crippen molar-refractivity contribution in [2.45, 2.75) is 32.5 Å². The van der Waals surface area contributed by atoms with Gasteiger partial charge in [-0.2, -0.15) is 0 Å². The van der Waals surface area contributed by atoms with Crippen LogP contribution in [-0.2, 0) is 18.6 Å². The van der Waals surface area contributed by atoms with E-state index in [9.17, 15) is 10.1 Å². The van der Waals surface area contributed by atoms with Crippen LogP contribution in [0.25, 0.3) is 0 Å². The van der Waals surface area contributed by atoms with Crippen LogP contribution in [0.4, 0.5) is 11.4 Å². The van der Waals surface area contributed by atoms with Gasteiger partial charge >= 0.3 is 0 Å². The molecule has 0 saturated heterocycles. The topological polar surface area (TPSA) is 91.0 Å². The summed E-state index contributed by atoms with van der Waals surface area (Å²) in [5.74, 6) is 0. The highest BCUT2D eigenvalue weighted by Gasteiger charge is 2.37. The molecular weight excluding hydrogens is 600 g/mol. The molecule has 0 saturated carbocycles. The fourth-order valence-electron chi connectivity index (χ4n) is 5.15. The van der Waals surface area contributed by atoms with Crippen molar-refractivity contribution in [1.82, 2.24) is 5.32 Å². The maximum Gasteiger partial charge on any atom is 0.275 e. The molecule has 0 radical (unpaired) electrons. The summed E-state index contributed by atoms with van der Waals surface area (Å²) in [6.07, 6.45) is 0. The third kappa shape index (κ3) is 7.25. The lowest BCUT2D eigenvalue weighted by Gasteiger charge is -2.38. The van der Waals surface area contributed by atoms with Gasteiger partial charge in [-0.15, -0.1) is 0 Å². The van der Waals surface area contributed by atoms with E-state index in [1.807, 2.05) is 135 Å². The molecule has 0 aliphatic heterocycles. The van der Waals surface area contributed by atoms with Crippen LogP contribution in [0.1, 0.15) is 47.2 Å². The molecule has 0 aliphatic rings. The van der Waals surface area contributed by atoms with Crippen LogP contribution in [0.3, 0.4) is 0 Å².